The number of hydrogen-bond acceptors (Lipinski definition) is 5. The van der Waals surface area contributed by atoms with E-state index in [0.29, 0.717) is 21.3 Å². The van der Waals surface area contributed by atoms with E-state index >= 15 is 0 Å². The summed E-state index contributed by atoms with van der Waals surface area (Å²) in [5.41, 5.74) is 1.75. The molecule has 2 unspecified atom stereocenters. The zero-order valence-corrected chi connectivity index (χ0v) is 18.2. The molecule has 30 heavy (non-hydrogen) atoms. The molecule has 0 aliphatic carbocycles. The number of imide groups is 1. The third kappa shape index (κ3) is 3.45. The van der Waals surface area contributed by atoms with E-state index in [0.717, 1.165) is 15.4 Å². The summed E-state index contributed by atoms with van der Waals surface area (Å²) in [5, 5.41) is 9.46. The third-order valence-electron chi connectivity index (χ3n) is 5.12. The lowest BCUT2D eigenvalue weighted by Crippen LogP contribution is -2.62. The van der Waals surface area contributed by atoms with Gasteiger partial charge in [0.15, 0.2) is 0 Å². The first-order valence-electron chi connectivity index (χ1n) is 9.19. The standard InChI is InChI=1S/C21H16Cl2N4O2S/c1-12-15(23)10-25-11-17(12)27-20(28)19-16(26(21(27)29)8-4-7-24)9-18(30-19)13-5-2-3-6-14(13)22/h2-3,5-6,9-11,16,19H,4,8H2,1H3. The first-order valence-corrected chi connectivity index (χ1v) is 10.8. The monoisotopic (exact) mass is 458 g/mol. The van der Waals surface area contributed by atoms with E-state index in [9.17, 15) is 9.59 Å². The van der Waals surface area contributed by atoms with Gasteiger partial charge in [0.05, 0.1) is 35.4 Å². The lowest BCUT2D eigenvalue weighted by atomic mass is 10.0. The van der Waals surface area contributed by atoms with E-state index in [-0.39, 0.29) is 18.9 Å². The van der Waals surface area contributed by atoms with Crippen LogP contribution in [0.4, 0.5) is 10.5 Å². The molecule has 2 aliphatic heterocycles. The van der Waals surface area contributed by atoms with Gasteiger partial charge in [-0.05, 0) is 24.6 Å². The number of aromatic nitrogens is 1. The molecule has 2 atom stereocenters. The summed E-state index contributed by atoms with van der Waals surface area (Å²) < 4.78 is 0. The van der Waals surface area contributed by atoms with Crippen molar-refractivity contribution in [3.05, 3.63) is 63.9 Å². The number of carbonyl (C=O) groups is 2. The van der Waals surface area contributed by atoms with E-state index in [1.165, 1.54) is 24.2 Å². The molecule has 0 saturated carbocycles. The van der Waals surface area contributed by atoms with E-state index < -0.39 is 17.3 Å². The maximum absolute atomic E-state index is 13.4. The molecule has 1 saturated heterocycles. The number of benzene rings is 1. The van der Waals surface area contributed by atoms with Gasteiger partial charge in [0.25, 0.3) is 5.91 Å². The molecule has 2 aromatic rings. The van der Waals surface area contributed by atoms with Gasteiger partial charge in [-0.25, -0.2) is 9.69 Å². The quantitative estimate of drug-likeness (QED) is 0.650. The highest BCUT2D eigenvalue weighted by Crippen LogP contribution is 2.46. The molecular weight excluding hydrogens is 443 g/mol. The van der Waals surface area contributed by atoms with Crippen LogP contribution in [0.25, 0.3) is 4.91 Å². The van der Waals surface area contributed by atoms with Crippen LogP contribution in [0, 0.1) is 18.3 Å². The molecule has 6 nitrogen and oxygen atoms in total. The molecule has 4 rings (SSSR count). The number of pyridine rings is 1. The van der Waals surface area contributed by atoms with Crippen LogP contribution < -0.4 is 4.90 Å². The lowest BCUT2D eigenvalue weighted by molar-refractivity contribution is -0.119. The van der Waals surface area contributed by atoms with Crippen molar-refractivity contribution in [2.24, 2.45) is 0 Å². The van der Waals surface area contributed by atoms with Gasteiger partial charge in [-0.1, -0.05) is 41.4 Å². The number of thioether (sulfide) groups is 1. The molecule has 1 aromatic heterocycles. The van der Waals surface area contributed by atoms with Crippen molar-refractivity contribution in [3.63, 3.8) is 0 Å². The van der Waals surface area contributed by atoms with E-state index in [4.69, 9.17) is 28.5 Å². The second-order valence-corrected chi connectivity index (χ2v) is 8.86. The van der Waals surface area contributed by atoms with Gasteiger partial charge >= 0.3 is 6.03 Å². The fourth-order valence-electron chi connectivity index (χ4n) is 3.58. The number of fused-ring (bicyclic) bond motifs is 1. The Labute approximate surface area is 188 Å². The average Bonchev–Trinajstić information content (AvgIpc) is 3.17. The van der Waals surface area contributed by atoms with Crippen molar-refractivity contribution in [1.29, 1.82) is 5.26 Å². The number of anilines is 1. The van der Waals surface area contributed by atoms with Crippen molar-refractivity contribution in [2.75, 3.05) is 11.4 Å². The molecule has 3 heterocycles. The molecule has 152 valence electrons. The zero-order chi connectivity index (χ0) is 21.4. The van der Waals surface area contributed by atoms with Crippen LogP contribution in [-0.2, 0) is 4.79 Å². The van der Waals surface area contributed by atoms with Crippen molar-refractivity contribution in [1.82, 2.24) is 9.88 Å². The van der Waals surface area contributed by atoms with Crippen LogP contribution in [0.5, 0.6) is 0 Å². The van der Waals surface area contributed by atoms with Crippen LogP contribution in [0.1, 0.15) is 17.5 Å². The fraction of sp³-hybridized carbons (Fsp3) is 0.238. The van der Waals surface area contributed by atoms with Gasteiger partial charge < -0.3 is 4.90 Å². The average molecular weight is 459 g/mol. The molecule has 1 aromatic carbocycles. The normalized spacial score (nSPS) is 20.8. The first-order chi connectivity index (χ1) is 14.4. The number of rotatable bonds is 4. The number of carbonyl (C=O) groups excluding carboxylic acids is 2. The third-order valence-corrected chi connectivity index (χ3v) is 7.17. The molecule has 0 radical (unpaired) electrons. The van der Waals surface area contributed by atoms with Gasteiger partial charge in [-0.3, -0.25) is 9.78 Å². The minimum atomic E-state index is -0.550. The number of nitriles is 1. The van der Waals surface area contributed by atoms with Crippen LogP contribution in [0.2, 0.25) is 10.0 Å². The summed E-state index contributed by atoms with van der Waals surface area (Å²) in [6, 6.07) is 8.51. The maximum Gasteiger partial charge on any atom is 0.332 e. The fourth-order valence-corrected chi connectivity index (χ4v) is 5.40. The SMILES string of the molecule is Cc1c(Cl)cncc1N1C(=O)C2SC(c3ccccc3Cl)=CC2N(CCC#N)C1=O. The Bertz CT molecular complexity index is 1110. The van der Waals surface area contributed by atoms with Crippen molar-refractivity contribution < 1.29 is 9.59 Å². The number of nitrogens with zero attached hydrogens (tertiary/aromatic N) is 4. The van der Waals surface area contributed by atoms with Crippen molar-refractivity contribution in [3.8, 4) is 6.07 Å². The van der Waals surface area contributed by atoms with Crippen LogP contribution in [0.3, 0.4) is 0 Å². The number of halogens is 2. The number of urea groups is 1. The molecule has 0 spiro atoms. The minimum absolute atomic E-state index is 0.156. The van der Waals surface area contributed by atoms with E-state index in [1.807, 2.05) is 24.3 Å². The van der Waals surface area contributed by atoms with Crippen molar-refractivity contribution in [2.45, 2.75) is 24.6 Å². The molecule has 9 heteroatoms. The Balaban J connectivity index is 1.77. The highest BCUT2D eigenvalue weighted by Gasteiger charge is 2.50. The number of amides is 3. The van der Waals surface area contributed by atoms with E-state index in [2.05, 4.69) is 11.1 Å². The minimum Gasteiger partial charge on any atom is -0.315 e. The summed E-state index contributed by atoms with van der Waals surface area (Å²) >= 11 is 13.9. The van der Waals surface area contributed by atoms with Crippen LogP contribution in [-0.4, -0.2) is 39.7 Å². The predicted molar refractivity (Wildman–Crippen MR) is 118 cm³/mol. The molecule has 0 N–H and O–H groups in total. The smallest absolute Gasteiger partial charge is 0.315 e. The van der Waals surface area contributed by atoms with Gasteiger partial charge in [-0.2, -0.15) is 5.26 Å². The van der Waals surface area contributed by atoms with Crippen LogP contribution in [0.15, 0.2) is 42.7 Å². The zero-order valence-electron chi connectivity index (χ0n) is 15.9. The highest BCUT2D eigenvalue weighted by molar-refractivity contribution is 8.09. The Morgan fingerprint density at radius 2 is 1.97 bits per heavy atom. The molecular formula is C21H16Cl2N4O2S. The Hall–Kier alpha value is -2.53. The lowest BCUT2D eigenvalue weighted by Gasteiger charge is -2.41. The molecule has 0 bridgehead atoms. The maximum atomic E-state index is 13.4. The second-order valence-electron chi connectivity index (χ2n) is 6.86. The molecule has 3 amide bonds. The summed E-state index contributed by atoms with van der Waals surface area (Å²) in [7, 11) is 0. The Morgan fingerprint density at radius 1 is 1.20 bits per heavy atom. The second kappa shape index (κ2) is 8.31. The van der Waals surface area contributed by atoms with Gasteiger partial charge in [0.1, 0.15) is 5.25 Å². The molecule has 2 aliphatic rings. The summed E-state index contributed by atoms with van der Waals surface area (Å²) in [6.07, 6.45) is 4.98. The largest absolute Gasteiger partial charge is 0.332 e. The summed E-state index contributed by atoms with van der Waals surface area (Å²) in [5.74, 6) is -0.339. The summed E-state index contributed by atoms with van der Waals surface area (Å²) in [6.45, 7) is 1.95. The van der Waals surface area contributed by atoms with E-state index in [1.54, 1.807) is 17.9 Å². The van der Waals surface area contributed by atoms with Gasteiger partial charge in [0.2, 0.25) is 0 Å². The topological polar surface area (TPSA) is 77.3 Å². The number of hydrogen-bond donors (Lipinski definition) is 0. The predicted octanol–water partition coefficient (Wildman–Crippen LogP) is 4.90. The van der Waals surface area contributed by atoms with Crippen molar-refractivity contribution >= 4 is 57.5 Å². The Morgan fingerprint density at radius 3 is 2.70 bits per heavy atom. The Kier molecular flexibility index (Phi) is 5.74. The summed E-state index contributed by atoms with van der Waals surface area (Å²) in [4.78, 5) is 34.3. The van der Waals surface area contributed by atoms with Crippen LogP contribution >= 0.6 is 35.0 Å². The first kappa shape index (κ1) is 20.7. The van der Waals surface area contributed by atoms with Gasteiger partial charge in [-0.15, -0.1) is 11.8 Å². The van der Waals surface area contributed by atoms with Gasteiger partial charge in [0, 0.05) is 28.2 Å². The molecule has 1 fully saturated rings. The highest BCUT2D eigenvalue weighted by atomic mass is 35.5.